The summed E-state index contributed by atoms with van der Waals surface area (Å²) in [4.78, 5) is 21.4. The topological polar surface area (TPSA) is 108 Å². The minimum absolute atomic E-state index is 0.0651. The molecule has 24 heavy (non-hydrogen) atoms. The van der Waals surface area contributed by atoms with E-state index in [2.05, 4.69) is 0 Å². The Morgan fingerprint density at radius 3 is 2.25 bits per heavy atom. The first-order valence-electron chi connectivity index (χ1n) is 6.80. The first-order valence-corrected chi connectivity index (χ1v) is 6.80. The summed E-state index contributed by atoms with van der Waals surface area (Å²) in [6.07, 6.45) is -1.56. The molecule has 0 saturated heterocycles. The van der Waals surface area contributed by atoms with Gasteiger partial charge in [-0.3, -0.25) is 10.1 Å². The van der Waals surface area contributed by atoms with Crippen LogP contribution in [0, 0.1) is 10.1 Å². The molecule has 0 aromatic heterocycles. The van der Waals surface area contributed by atoms with Crippen LogP contribution in [0.4, 0.5) is 10.5 Å². The molecule has 0 aliphatic carbocycles. The molecule has 2 rings (SSSR count). The number of rotatable bonds is 6. The Balaban J connectivity index is 2.74. The molecule has 2 aromatic rings. The maximum atomic E-state index is 11.1. The van der Waals surface area contributed by atoms with Gasteiger partial charge in [-0.25, -0.2) is 4.79 Å². The smallest absolute Gasteiger partial charge is 0.449 e. The van der Waals surface area contributed by atoms with Gasteiger partial charge >= 0.3 is 6.16 Å². The number of hydrogen-bond donors (Lipinski definition) is 1. The molecule has 0 atom stereocenters. The largest absolute Gasteiger partial charge is 0.511 e. The van der Waals surface area contributed by atoms with Crippen LogP contribution in [-0.4, -0.2) is 30.4 Å². The lowest BCUT2D eigenvalue weighted by atomic mass is 9.95. The van der Waals surface area contributed by atoms with Crippen LogP contribution in [0.25, 0.3) is 0 Å². The second kappa shape index (κ2) is 7.07. The zero-order chi connectivity index (χ0) is 17.7. The fourth-order valence-corrected chi connectivity index (χ4v) is 2.42. The van der Waals surface area contributed by atoms with E-state index in [1.54, 1.807) is 30.3 Å². The molecule has 0 fully saturated rings. The normalized spacial score (nSPS) is 11.1. The highest BCUT2D eigenvalue weighted by atomic mass is 16.7. The minimum atomic E-state index is -1.57. The van der Waals surface area contributed by atoms with Crippen LogP contribution >= 0.6 is 0 Å². The van der Waals surface area contributed by atoms with Gasteiger partial charge in [-0.05, 0) is 6.07 Å². The zero-order valence-electron chi connectivity index (χ0n) is 13.0. The lowest BCUT2D eigenvalue weighted by Crippen LogP contribution is -2.33. The van der Waals surface area contributed by atoms with Gasteiger partial charge in [-0.1, -0.05) is 30.3 Å². The average Bonchev–Trinajstić information content (AvgIpc) is 2.58. The van der Waals surface area contributed by atoms with Gasteiger partial charge in [-0.15, -0.1) is 0 Å². The first-order chi connectivity index (χ1) is 11.4. The monoisotopic (exact) mass is 333 g/mol. The Morgan fingerprint density at radius 2 is 1.75 bits per heavy atom. The quantitative estimate of drug-likeness (QED) is 0.284. The molecule has 0 aliphatic rings. The summed E-state index contributed by atoms with van der Waals surface area (Å²) >= 11 is 0. The Labute approximate surface area is 137 Å². The molecule has 8 heteroatoms. The maximum Gasteiger partial charge on any atom is 0.511 e. The van der Waals surface area contributed by atoms with Gasteiger partial charge < -0.3 is 19.3 Å². The molecule has 0 amide bonds. The maximum absolute atomic E-state index is 11.1. The standard InChI is InChI=1S/C16H15NO7/c1-22-16(23-2,11-6-4-3-5-7-11)13-10-12(17(20)21)8-9-14(13)24-15(18)19/h3-10H,1-2H3,(H,18,19). The van der Waals surface area contributed by atoms with Crippen LogP contribution in [0.2, 0.25) is 0 Å². The van der Waals surface area contributed by atoms with Crippen LogP contribution in [-0.2, 0) is 15.3 Å². The van der Waals surface area contributed by atoms with E-state index in [0.29, 0.717) is 5.56 Å². The summed E-state index contributed by atoms with van der Waals surface area (Å²) in [5.41, 5.74) is 0.332. The minimum Gasteiger partial charge on any atom is -0.449 e. The molecule has 126 valence electrons. The predicted molar refractivity (Wildman–Crippen MR) is 83.0 cm³/mol. The number of carboxylic acid groups (broad SMARTS) is 1. The second-order valence-electron chi connectivity index (χ2n) is 4.70. The molecule has 8 nitrogen and oxygen atoms in total. The third kappa shape index (κ3) is 3.19. The lowest BCUT2D eigenvalue weighted by Gasteiger charge is -2.32. The van der Waals surface area contributed by atoms with Gasteiger partial charge in [0.15, 0.2) is 0 Å². The lowest BCUT2D eigenvalue weighted by molar-refractivity contribution is -0.385. The molecule has 2 aromatic carbocycles. The summed E-state index contributed by atoms with van der Waals surface area (Å²) < 4.78 is 15.7. The molecule has 0 aliphatic heterocycles. The van der Waals surface area contributed by atoms with Crippen molar-refractivity contribution in [2.45, 2.75) is 5.79 Å². The first kappa shape index (κ1) is 17.4. The van der Waals surface area contributed by atoms with E-state index in [-0.39, 0.29) is 17.0 Å². The Morgan fingerprint density at radius 1 is 1.12 bits per heavy atom. The summed E-state index contributed by atoms with van der Waals surface area (Å²) in [5, 5.41) is 20.0. The number of ether oxygens (including phenoxy) is 3. The number of non-ortho nitro benzene ring substituents is 1. The Bertz CT molecular complexity index is 741. The fraction of sp³-hybridized carbons (Fsp3) is 0.188. The molecule has 0 bridgehead atoms. The molecule has 0 saturated carbocycles. The number of nitro benzene ring substituents is 1. The highest BCUT2D eigenvalue weighted by Crippen LogP contribution is 2.41. The van der Waals surface area contributed by atoms with Crippen molar-refractivity contribution in [1.29, 1.82) is 0 Å². The SMILES string of the molecule is COC(OC)(c1ccccc1)c1cc([N+](=O)[O-])ccc1OC(=O)O. The van der Waals surface area contributed by atoms with Crippen molar-refractivity contribution in [3.8, 4) is 5.75 Å². The third-order valence-electron chi connectivity index (χ3n) is 3.45. The molecular weight excluding hydrogens is 318 g/mol. The van der Waals surface area contributed by atoms with E-state index in [9.17, 15) is 14.9 Å². The van der Waals surface area contributed by atoms with E-state index in [1.165, 1.54) is 20.3 Å². The van der Waals surface area contributed by atoms with Crippen LogP contribution < -0.4 is 4.74 Å². The predicted octanol–water partition coefficient (Wildman–Crippen LogP) is 3.15. The van der Waals surface area contributed by atoms with Crippen molar-refractivity contribution < 1.29 is 29.0 Å². The highest BCUT2D eigenvalue weighted by molar-refractivity contribution is 5.63. The molecule has 0 unspecified atom stereocenters. The van der Waals surface area contributed by atoms with E-state index < -0.39 is 16.9 Å². The van der Waals surface area contributed by atoms with Crippen molar-refractivity contribution in [2.24, 2.45) is 0 Å². The van der Waals surface area contributed by atoms with Crippen molar-refractivity contribution in [2.75, 3.05) is 14.2 Å². The number of carbonyl (C=O) groups is 1. The number of nitro groups is 1. The van der Waals surface area contributed by atoms with Crippen LogP contribution in [0.3, 0.4) is 0 Å². The van der Waals surface area contributed by atoms with Gasteiger partial charge in [0.1, 0.15) is 5.75 Å². The van der Waals surface area contributed by atoms with E-state index in [1.807, 2.05) is 0 Å². The van der Waals surface area contributed by atoms with Crippen molar-refractivity contribution >= 4 is 11.8 Å². The van der Waals surface area contributed by atoms with E-state index in [4.69, 9.17) is 19.3 Å². The third-order valence-corrected chi connectivity index (χ3v) is 3.45. The second-order valence-corrected chi connectivity index (χ2v) is 4.70. The highest BCUT2D eigenvalue weighted by Gasteiger charge is 2.39. The summed E-state index contributed by atoms with van der Waals surface area (Å²) in [6.45, 7) is 0. The molecule has 0 heterocycles. The van der Waals surface area contributed by atoms with E-state index >= 15 is 0 Å². The zero-order valence-corrected chi connectivity index (χ0v) is 13.0. The van der Waals surface area contributed by atoms with Gasteiger partial charge in [0, 0.05) is 31.9 Å². The van der Waals surface area contributed by atoms with Crippen molar-refractivity contribution in [3.63, 3.8) is 0 Å². The van der Waals surface area contributed by atoms with Crippen LogP contribution in [0.1, 0.15) is 11.1 Å². The van der Waals surface area contributed by atoms with Gasteiger partial charge in [0.2, 0.25) is 5.79 Å². The van der Waals surface area contributed by atoms with Gasteiger partial charge in [0.05, 0.1) is 10.5 Å². The molecule has 0 spiro atoms. The molecule has 1 N–H and O–H groups in total. The average molecular weight is 333 g/mol. The number of hydrogen-bond acceptors (Lipinski definition) is 6. The number of nitrogens with zero attached hydrogens (tertiary/aromatic N) is 1. The summed E-state index contributed by atoms with van der Waals surface area (Å²) in [7, 11) is 2.69. The fourth-order valence-electron chi connectivity index (χ4n) is 2.42. The van der Waals surface area contributed by atoms with E-state index in [0.717, 1.165) is 12.1 Å². The van der Waals surface area contributed by atoms with Gasteiger partial charge in [-0.2, -0.15) is 0 Å². The molecular formula is C16H15NO7. The Hall–Kier alpha value is -2.97. The van der Waals surface area contributed by atoms with Gasteiger partial charge in [0.25, 0.3) is 5.69 Å². The molecule has 0 radical (unpaired) electrons. The summed E-state index contributed by atoms with van der Waals surface area (Å²) in [6, 6.07) is 12.1. The summed E-state index contributed by atoms with van der Waals surface area (Å²) in [5.74, 6) is -1.70. The van der Waals surface area contributed by atoms with Crippen LogP contribution in [0.15, 0.2) is 48.5 Å². The number of methoxy groups -OCH3 is 2. The van der Waals surface area contributed by atoms with Crippen molar-refractivity contribution in [3.05, 3.63) is 69.8 Å². The van der Waals surface area contributed by atoms with Crippen LogP contribution in [0.5, 0.6) is 5.75 Å². The number of benzene rings is 2. The van der Waals surface area contributed by atoms with Crippen molar-refractivity contribution in [1.82, 2.24) is 0 Å². The Kier molecular flexibility index (Phi) is 5.12.